The van der Waals surface area contributed by atoms with Gasteiger partial charge in [0.05, 0.1) is 18.6 Å². The number of likely N-dealkylation sites (tertiary alicyclic amines) is 1. The fourth-order valence-electron chi connectivity index (χ4n) is 4.81. The molecule has 3 fully saturated rings. The molecule has 29 heavy (non-hydrogen) atoms. The van der Waals surface area contributed by atoms with E-state index in [9.17, 15) is 9.59 Å². The van der Waals surface area contributed by atoms with Gasteiger partial charge in [0.25, 0.3) is 0 Å². The Morgan fingerprint density at radius 2 is 2.07 bits per heavy atom. The maximum absolute atomic E-state index is 13.1. The lowest BCUT2D eigenvalue weighted by Gasteiger charge is -2.36. The third-order valence-corrected chi connectivity index (χ3v) is 6.35. The first-order chi connectivity index (χ1) is 13.8. The molecule has 2 amide bonds. The molecule has 1 N–H and O–H groups in total. The van der Waals surface area contributed by atoms with E-state index in [1.807, 2.05) is 20.8 Å². The SMILES string of the molecule is CC(C)(C)OC(=O)N1C[C@@H]2CCCC[C@@]2(C(=O)NCCCOCC2CCOC2)C1. The molecule has 0 spiro atoms. The lowest BCUT2D eigenvalue weighted by Crippen LogP contribution is -2.48. The first-order valence-electron chi connectivity index (χ1n) is 11.2. The number of nitrogens with one attached hydrogen (secondary N) is 1. The zero-order valence-corrected chi connectivity index (χ0v) is 18.3. The standard InChI is InChI=1S/C22H38N2O5/c1-21(2,3)29-20(26)24-13-18-7-4-5-9-22(18,16-24)19(25)23-10-6-11-27-14-17-8-12-28-15-17/h17-18H,4-16H2,1-3H3,(H,23,25)/t17?,18-,22+/m0/s1. The van der Waals surface area contributed by atoms with Crippen LogP contribution < -0.4 is 5.32 Å². The Labute approximate surface area is 174 Å². The quantitative estimate of drug-likeness (QED) is 0.653. The van der Waals surface area contributed by atoms with Gasteiger partial charge in [-0.3, -0.25) is 4.79 Å². The highest BCUT2D eigenvalue weighted by atomic mass is 16.6. The fourth-order valence-corrected chi connectivity index (χ4v) is 4.81. The minimum Gasteiger partial charge on any atom is -0.444 e. The van der Waals surface area contributed by atoms with Crippen molar-refractivity contribution in [2.75, 3.05) is 46.1 Å². The van der Waals surface area contributed by atoms with Crippen molar-refractivity contribution in [3.8, 4) is 0 Å². The summed E-state index contributed by atoms with van der Waals surface area (Å²) in [7, 11) is 0. The van der Waals surface area contributed by atoms with Crippen molar-refractivity contribution in [2.24, 2.45) is 17.3 Å². The summed E-state index contributed by atoms with van der Waals surface area (Å²) < 4.78 is 16.6. The summed E-state index contributed by atoms with van der Waals surface area (Å²) in [5.41, 5.74) is -0.984. The van der Waals surface area contributed by atoms with E-state index in [-0.39, 0.29) is 17.9 Å². The predicted octanol–water partition coefficient (Wildman–Crippen LogP) is 2.97. The van der Waals surface area contributed by atoms with Crippen LogP contribution in [0, 0.1) is 17.3 Å². The first kappa shape index (κ1) is 22.3. The summed E-state index contributed by atoms with van der Waals surface area (Å²) in [5, 5.41) is 3.13. The van der Waals surface area contributed by atoms with E-state index in [1.54, 1.807) is 4.90 Å². The topological polar surface area (TPSA) is 77.1 Å². The summed E-state index contributed by atoms with van der Waals surface area (Å²) in [6.45, 7) is 10.4. The maximum atomic E-state index is 13.1. The largest absolute Gasteiger partial charge is 0.444 e. The van der Waals surface area contributed by atoms with E-state index < -0.39 is 11.0 Å². The number of fused-ring (bicyclic) bond motifs is 1. The molecule has 3 rings (SSSR count). The van der Waals surface area contributed by atoms with E-state index in [2.05, 4.69) is 5.32 Å². The molecule has 3 aliphatic rings. The lowest BCUT2D eigenvalue weighted by molar-refractivity contribution is -0.134. The van der Waals surface area contributed by atoms with Crippen LogP contribution in [0.2, 0.25) is 0 Å². The molecule has 1 unspecified atom stereocenters. The Morgan fingerprint density at radius 1 is 1.24 bits per heavy atom. The van der Waals surface area contributed by atoms with Crippen molar-refractivity contribution in [3.63, 3.8) is 0 Å². The normalized spacial score (nSPS) is 29.6. The van der Waals surface area contributed by atoms with E-state index in [1.165, 1.54) is 0 Å². The highest BCUT2D eigenvalue weighted by Gasteiger charge is 2.54. The van der Waals surface area contributed by atoms with Gasteiger partial charge in [0.1, 0.15) is 5.60 Å². The summed E-state index contributed by atoms with van der Waals surface area (Å²) in [4.78, 5) is 27.5. The second-order valence-corrected chi connectivity index (χ2v) is 9.87. The first-order valence-corrected chi connectivity index (χ1v) is 11.2. The summed E-state index contributed by atoms with van der Waals surface area (Å²) in [6, 6.07) is 0. The zero-order valence-electron chi connectivity index (χ0n) is 18.3. The molecular weight excluding hydrogens is 372 g/mol. The smallest absolute Gasteiger partial charge is 0.410 e. The zero-order chi connectivity index (χ0) is 20.9. The van der Waals surface area contributed by atoms with Crippen LogP contribution in [0.15, 0.2) is 0 Å². The Balaban J connectivity index is 1.46. The van der Waals surface area contributed by atoms with Crippen molar-refractivity contribution >= 4 is 12.0 Å². The fraction of sp³-hybridized carbons (Fsp3) is 0.909. The molecule has 0 aromatic heterocycles. The van der Waals surface area contributed by atoms with Crippen molar-refractivity contribution in [3.05, 3.63) is 0 Å². The van der Waals surface area contributed by atoms with Crippen molar-refractivity contribution in [2.45, 2.75) is 64.9 Å². The van der Waals surface area contributed by atoms with Crippen molar-refractivity contribution in [1.29, 1.82) is 0 Å². The number of hydrogen-bond acceptors (Lipinski definition) is 5. The molecule has 7 heteroatoms. The highest BCUT2D eigenvalue weighted by molar-refractivity contribution is 5.85. The van der Waals surface area contributed by atoms with Crippen LogP contribution in [0.25, 0.3) is 0 Å². The average molecular weight is 411 g/mol. The van der Waals surface area contributed by atoms with Crippen LogP contribution in [-0.4, -0.2) is 68.6 Å². The lowest BCUT2D eigenvalue weighted by atomic mass is 9.67. The molecule has 7 nitrogen and oxygen atoms in total. The Bertz CT molecular complexity index is 570. The summed E-state index contributed by atoms with van der Waals surface area (Å²) in [6.07, 6.45) is 5.59. The minimum atomic E-state index is -0.523. The average Bonchev–Trinajstić information content (AvgIpc) is 3.31. The van der Waals surface area contributed by atoms with Gasteiger partial charge in [-0.15, -0.1) is 0 Å². The van der Waals surface area contributed by atoms with Crippen LogP contribution in [0.5, 0.6) is 0 Å². The molecular formula is C22H38N2O5. The highest BCUT2D eigenvalue weighted by Crippen LogP contribution is 2.47. The molecule has 0 aromatic carbocycles. The van der Waals surface area contributed by atoms with Crippen LogP contribution >= 0.6 is 0 Å². The van der Waals surface area contributed by atoms with E-state index in [0.717, 1.165) is 58.3 Å². The van der Waals surface area contributed by atoms with Crippen LogP contribution in [0.4, 0.5) is 4.79 Å². The molecule has 0 radical (unpaired) electrons. The second kappa shape index (κ2) is 9.65. The van der Waals surface area contributed by atoms with Gasteiger partial charge in [-0.1, -0.05) is 12.8 Å². The van der Waals surface area contributed by atoms with Gasteiger partial charge in [-0.05, 0) is 52.4 Å². The van der Waals surface area contributed by atoms with Crippen LogP contribution in [0.1, 0.15) is 59.3 Å². The van der Waals surface area contributed by atoms with Gasteiger partial charge < -0.3 is 24.4 Å². The van der Waals surface area contributed by atoms with Gasteiger partial charge >= 0.3 is 6.09 Å². The predicted molar refractivity (Wildman–Crippen MR) is 110 cm³/mol. The Morgan fingerprint density at radius 3 is 2.79 bits per heavy atom. The van der Waals surface area contributed by atoms with E-state index in [0.29, 0.717) is 32.2 Å². The van der Waals surface area contributed by atoms with Gasteiger partial charge in [0.15, 0.2) is 0 Å². The van der Waals surface area contributed by atoms with Crippen molar-refractivity contribution < 1.29 is 23.8 Å². The molecule has 0 aromatic rings. The Hall–Kier alpha value is -1.34. The maximum Gasteiger partial charge on any atom is 0.410 e. The summed E-state index contributed by atoms with van der Waals surface area (Å²) >= 11 is 0. The number of nitrogens with zero attached hydrogens (tertiary/aromatic N) is 1. The van der Waals surface area contributed by atoms with Gasteiger partial charge in [0.2, 0.25) is 5.91 Å². The minimum absolute atomic E-state index is 0.0949. The summed E-state index contributed by atoms with van der Waals surface area (Å²) in [5.74, 6) is 0.837. The third kappa shape index (κ3) is 5.85. The van der Waals surface area contributed by atoms with Gasteiger partial charge in [-0.25, -0.2) is 4.79 Å². The van der Waals surface area contributed by atoms with Gasteiger partial charge in [0, 0.05) is 38.8 Å². The molecule has 0 bridgehead atoms. The molecule has 1 saturated carbocycles. The number of carbonyl (C=O) groups excluding carboxylic acids is 2. The number of amides is 2. The monoisotopic (exact) mass is 410 g/mol. The molecule has 1 aliphatic carbocycles. The van der Waals surface area contributed by atoms with Gasteiger partial charge in [-0.2, -0.15) is 0 Å². The number of carbonyl (C=O) groups is 2. The third-order valence-electron chi connectivity index (χ3n) is 6.35. The molecule has 2 aliphatic heterocycles. The van der Waals surface area contributed by atoms with Crippen molar-refractivity contribution in [1.82, 2.24) is 10.2 Å². The molecule has 166 valence electrons. The number of ether oxygens (including phenoxy) is 3. The second-order valence-electron chi connectivity index (χ2n) is 9.87. The molecule has 3 atom stereocenters. The number of hydrogen-bond donors (Lipinski definition) is 1. The Kier molecular flexibility index (Phi) is 7.43. The van der Waals surface area contributed by atoms with E-state index in [4.69, 9.17) is 14.2 Å². The van der Waals surface area contributed by atoms with Crippen LogP contribution in [0.3, 0.4) is 0 Å². The van der Waals surface area contributed by atoms with Crippen LogP contribution in [-0.2, 0) is 19.0 Å². The molecule has 2 heterocycles. The molecule has 2 saturated heterocycles. The number of rotatable bonds is 7. The van der Waals surface area contributed by atoms with E-state index >= 15 is 0 Å².